The molecule has 20 heavy (non-hydrogen) atoms. The molecular formula is C11H13NO6S2. The van der Waals surface area contributed by atoms with Gasteiger partial charge in [0, 0.05) is 35.4 Å². The second-order valence-corrected chi connectivity index (χ2v) is 7.87. The molecule has 0 aliphatic carbocycles. The molecule has 0 bridgehead atoms. The molecule has 2 rings (SSSR count). The van der Waals surface area contributed by atoms with Gasteiger partial charge in [-0.3, -0.25) is 4.21 Å². The highest BCUT2D eigenvalue weighted by molar-refractivity contribution is 7.89. The molecule has 7 nitrogen and oxygen atoms in total. The first-order valence-electron chi connectivity index (χ1n) is 5.74. The van der Waals surface area contributed by atoms with Gasteiger partial charge < -0.3 is 10.2 Å². The third kappa shape index (κ3) is 2.84. The lowest BCUT2D eigenvalue weighted by molar-refractivity contribution is 0.0693. The Morgan fingerprint density at radius 2 is 1.85 bits per heavy atom. The molecule has 2 N–H and O–H groups in total. The molecule has 1 heterocycles. The van der Waals surface area contributed by atoms with Crippen molar-refractivity contribution in [2.24, 2.45) is 0 Å². The van der Waals surface area contributed by atoms with E-state index < -0.39 is 38.1 Å². The Morgan fingerprint density at radius 3 is 2.40 bits per heavy atom. The number of nitrogens with zero attached hydrogens (tertiary/aromatic N) is 1. The van der Waals surface area contributed by atoms with Crippen molar-refractivity contribution in [1.29, 1.82) is 0 Å². The fraction of sp³-hybridized carbons (Fsp3) is 0.364. The van der Waals surface area contributed by atoms with E-state index in [0.29, 0.717) is 0 Å². The van der Waals surface area contributed by atoms with Gasteiger partial charge in [0.2, 0.25) is 10.0 Å². The molecule has 1 aliphatic heterocycles. The molecule has 0 amide bonds. The normalized spacial score (nSPS) is 18.0. The van der Waals surface area contributed by atoms with Crippen LogP contribution in [-0.2, 0) is 20.8 Å². The van der Waals surface area contributed by atoms with Gasteiger partial charge in [0.15, 0.2) is 0 Å². The van der Waals surface area contributed by atoms with Gasteiger partial charge in [0.25, 0.3) is 0 Å². The Labute approximate surface area is 118 Å². The lowest BCUT2D eigenvalue weighted by Gasteiger charge is -2.25. The lowest BCUT2D eigenvalue weighted by Crippen LogP contribution is -2.41. The van der Waals surface area contributed by atoms with Gasteiger partial charge in [-0.2, -0.15) is 4.31 Å². The van der Waals surface area contributed by atoms with Crippen LogP contribution in [0.25, 0.3) is 0 Å². The maximum absolute atomic E-state index is 12.3. The number of aromatic carboxylic acids is 1. The van der Waals surface area contributed by atoms with Crippen molar-refractivity contribution < 1.29 is 27.6 Å². The van der Waals surface area contributed by atoms with Crippen LogP contribution in [-0.4, -0.2) is 57.7 Å². The zero-order valence-electron chi connectivity index (χ0n) is 10.4. The van der Waals surface area contributed by atoms with E-state index in [9.17, 15) is 22.5 Å². The molecule has 9 heteroatoms. The summed E-state index contributed by atoms with van der Waals surface area (Å²) in [5.41, 5.74) is -0.466. The molecule has 1 aliphatic rings. The summed E-state index contributed by atoms with van der Waals surface area (Å²) < 4.78 is 37.1. The molecule has 0 unspecified atom stereocenters. The average molecular weight is 319 g/mol. The van der Waals surface area contributed by atoms with E-state index in [1.807, 2.05) is 0 Å². The van der Waals surface area contributed by atoms with Gasteiger partial charge in [-0.15, -0.1) is 0 Å². The van der Waals surface area contributed by atoms with Crippen LogP contribution in [0.15, 0.2) is 23.1 Å². The number of rotatable bonds is 3. The molecule has 0 aromatic heterocycles. The van der Waals surface area contributed by atoms with E-state index in [2.05, 4.69) is 0 Å². The number of carbonyl (C=O) groups is 1. The summed E-state index contributed by atoms with van der Waals surface area (Å²) in [5, 5.41) is 18.3. The zero-order chi connectivity index (χ0) is 14.9. The van der Waals surface area contributed by atoms with Crippen LogP contribution in [0.3, 0.4) is 0 Å². The summed E-state index contributed by atoms with van der Waals surface area (Å²) in [4.78, 5) is 10.7. The van der Waals surface area contributed by atoms with Gasteiger partial charge in [0.1, 0.15) is 11.3 Å². The molecule has 0 radical (unpaired) electrons. The first kappa shape index (κ1) is 14.9. The van der Waals surface area contributed by atoms with Crippen LogP contribution >= 0.6 is 0 Å². The van der Waals surface area contributed by atoms with Crippen molar-refractivity contribution in [3.8, 4) is 5.75 Å². The van der Waals surface area contributed by atoms with Crippen molar-refractivity contribution in [2.75, 3.05) is 24.6 Å². The number of sulfonamides is 1. The van der Waals surface area contributed by atoms with Crippen LogP contribution in [0.4, 0.5) is 0 Å². The molecule has 1 aromatic rings. The quantitative estimate of drug-likeness (QED) is 0.801. The van der Waals surface area contributed by atoms with Gasteiger partial charge in [-0.1, -0.05) is 0 Å². The molecule has 1 aromatic carbocycles. The maximum Gasteiger partial charge on any atom is 0.339 e. The highest BCUT2D eigenvalue weighted by Crippen LogP contribution is 2.24. The number of hydrogen-bond donors (Lipinski definition) is 2. The van der Waals surface area contributed by atoms with Gasteiger partial charge in [0.05, 0.1) is 4.90 Å². The average Bonchev–Trinajstić information content (AvgIpc) is 2.39. The smallest absolute Gasteiger partial charge is 0.339 e. The van der Waals surface area contributed by atoms with Crippen LogP contribution in [0, 0.1) is 0 Å². The molecule has 1 saturated heterocycles. The number of carboxylic acids is 1. The predicted octanol–water partition coefficient (Wildman–Crippen LogP) is -0.157. The zero-order valence-corrected chi connectivity index (χ0v) is 12.0. The van der Waals surface area contributed by atoms with Crippen molar-refractivity contribution in [1.82, 2.24) is 4.31 Å². The third-order valence-corrected chi connectivity index (χ3v) is 6.14. The number of carboxylic acid groups (broad SMARTS) is 1. The molecule has 0 atom stereocenters. The summed E-state index contributed by atoms with van der Waals surface area (Å²) in [6.45, 7) is 0.274. The summed E-state index contributed by atoms with van der Waals surface area (Å²) in [5.74, 6) is -1.36. The Balaban J connectivity index is 2.37. The summed E-state index contributed by atoms with van der Waals surface area (Å²) in [6.07, 6.45) is 0. The van der Waals surface area contributed by atoms with E-state index in [-0.39, 0.29) is 29.5 Å². The van der Waals surface area contributed by atoms with Crippen molar-refractivity contribution >= 4 is 26.8 Å². The standard InChI is InChI=1S/C11H13NO6S2/c13-10-2-1-8(7-9(10)11(14)15)20(17,18)12-3-5-19(16)6-4-12/h1-2,7,13H,3-6H2,(H,14,15). The summed E-state index contributed by atoms with van der Waals surface area (Å²) in [6, 6.07) is 3.12. The van der Waals surface area contributed by atoms with Crippen molar-refractivity contribution in [3.63, 3.8) is 0 Å². The fourth-order valence-electron chi connectivity index (χ4n) is 1.86. The van der Waals surface area contributed by atoms with Crippen LogP contribution in [0.5, 0.6) is 5.75 Å². The number of hydrogen-bond acceptors (Lipinski definition) is 5. The Kier molecular flexibility index (Phi) is 4.11. The minimum atomic E-state index is -3.83. The topological polar surface area (TPSA) is 112 Å². The van der Waals surface area contributed by atoms with E-state index in [0.717, 1.165) is 18.2 Å². The Bertz CT molecular complexity index is 659. The number of phenols is 1. The Hall–Kier alpha value is -1.45. The van der Waals surface area contributed by atoms with Gasteiger partial charge in [-0.05, 0) is 18.2 Å². The van der Waals surface area contributed by atoms with E-state index >= 15 is 0 Å². The monoisotopic (exact) mass is 319 g/mol. The van der Waals surface area contributed by atoms with Gasteiger partial charge >= 0.3 is 5.97 Å². The molecular weight excluding hydrogens is 306 g/mol. The maximum atomic E-state index is 12.3. The fourth-order valence-corrected chi connectivity index (χ4v) is 4.61. The molecule has 0 spiro atoms. The van der Waals surface area contributed by atoms with Gasteiger partial charge in [-0.25, -0.2) is 13.2 Å². The first-order valence-corrected chi connectivity index (χ1v) is 8.66. The minimum absolute atomic E-state index is 0.137. The predicted molar refractivity (Wildman–Crippen MR) is 71.7 cm³/mol. The van der Waals surface area contributed by atoms with Crippen molar-refractivity contribution in [2.45, 2.75) is 4.90 Å². The Morgan fingerprint density at radius 1 is 1.25 bits per heavy atom. The lowest BCUT2D eigenvalue weighted by atomic mass is 10.2. The van der Waals surface area contributed by atoms with Crippen LogP contribution in [0.2, 0.25) is 0 Å². The third-order valence-electron chi connectivity index (χ3n) is 2.97. The van der Waals surface area contributed by atoms with E-state index in [1.54, 1.807) is 0 Å². The minimum Gasteiger partial charge on any atom is -0.507 e. The number of aromatic hydroxyl groups is 1. The SMILES string of the molecule is O=C(O)c1cc(S(=O)(=O)N2CCS(=O)CC2)ccc1O. The van der Waals surface area contributed by atoms with E-state index in [1.165, 1.54) is 4.31 Å². The van der Waals surface area contributed by atoms with Crippen LogP contribution < -0.4 is 0 Å². The second-order valence-electron chi connectivity index (χ2n) is 4.24. The van der Waals surface area contributed by atoms with Crippen LogP contribution in [0.1, 0.15) is 10.4 Å². The highest BCUT2D eigenvalue weighted by atomic mass is 32.2. The van der Waals surface area contributed by atoms with Crippen molar-refractivity contribution in [3.05, 3.63) is 23.8 Å². The summed E-state index contributed by atoms with van der Waals surface area (Å²) in [7, 11) is -4.84. The highest BCUT2D eigenvalue weighted by Gasteiger charge is 2.29. The largest absolute Gasteiger partial charge is 0.507 e. The summed E-state index contributed by atoms with van der Waals surface area (Å²) >= 11 is 0. The molecule has 1 fully saturated rings. The number of benzene rings is 1. The first-order chi connectivity index (χ1) is 9.32. The molecule has 0 saturated carbocycles. The van der Waals surface area contributed by atoms with E-state index in [4.69, 9.17) is 5.11 Å². The molecule has 110 valence electrons. The second kappa shape index (κ2) is 5.51.